The molecule has 1 atom stereocenters. The average molecular weight is 328 g/mol. The second-order valence-corrected chi connectivity index (χ2v) is 5.30. The molecule has 0 radical (unpaired) electrons. The van der Waals surface area contributed by atoms with Gasteiger partial charge in [0.1, 0.15) is 6.04 Å². The third-order valence-corrected chi connectivity index (χ3v) is 3.53. The Morgan fingerprint density at radius 1 is 1.17 bits per heavy atom. The van der Waals surface area contributed by atoms with Crippen LogP contribution in [-0.4, -0.2) is 23.5 Å². The third-order valence-electron chi connectivity index (χ3n) is 3.53. The number of hydrogen-bond acceptors (Lipinski definition) is 5. The van der Waals surface area contributed by atoms with Gasteiger partial charge in [-0.25, -0.2) is 0 Å². The lowest BCUT2D eigenvalue weighted by Gasteiger charge is -2.17. The van der Waals surface area contributed by atoms with Crippen LogP contribution in [0.5, 0.6) is 0 Å². The largest absolute Gasteiger partial charge is 0.465 e. The van der Waals surface area contributed by atoms with Crippen molar-refractivity contribution in [1.82, 2.24) is 5.32 Å². The summed E-state index contributed by atoms with van der Waals surface area (Å²) in [4.78, 5) is 22.6. The molecule has 0 amide bonds. The zero-order chi connectivity index (χ0) is 17.4. The van der Waals surface area contributed by atoms with E-state index >= 15 is 0 Å². The third kappa shape index (κ3) is 5.17. The van der Waals surface area contributed by atoms with Crippen molar-refractivity contribution in [3.8, 4) is 0 Å². The number of benzene rings is 2. The van der Waals surface area contributed by atoms with Crippen LogP contribution in [0, 0.1) is 10.1 Å². The summed E-state index contributed by atoms with van der Waals surface area (Å²) in [5.74, 6) is -0.327. The maximum absolute atomic E-state index is 12.2. The molecule has 0 spiro atoms. The van der Waals surface area contributed by atoms with Crippen molar-refractivity contribution in [3.05, 3.63) is 75.8 Å². The summed E-state index contributed by atoms with van der Waals surface area (Å²) in [5, 5.41) is 14.0. The predicted molar refractivity (Wildman–Crippen MR) is 90.5 cm³/mol. The fourth-order valence-electron chi connectivity index (χ4n) is 2.35. The normalized spacial score (nSPS) is 11.7. The number of ether oxygens (including phenoxy) is 1. The molecule has 2 rings (SSSR count). The first-order chi connectivity index (χ1) is 11.6. The van der Waals surface area contributed by atoms with Gasteiger partial charge in [-0.1, -0.05) is 42.5 Å². The highest BCUT2D eigenvalue weighted by molar-refractivity contribution is 5.76. The number of rotatable bonds is 8. The molecule has 2 aromatic carbocycles. The maximum atomic E-state index is 12.2. The topological polar surface area (TPSA) is 81.5 Å². The Labute approximate surface area is 140 Å². The van der Waals surface area contributed by atoms with Crippen molar-refractivity contribution in [2.75, 3.05) is 6.61 Å². The predicted octanol–water partition coefficient (Wildman–Crippen LogP) is 2.86. The standard InChI is InChI=1S/C18H20N2O4/c1-2-24-18(21)17(12-14-7-4-3-5-8-14)19-13-15-9-6-10-16(11-15)20(22)23/h3-11,17,19H,2,12-13H2,1H3/t17-/m0/s1. The van der Waals surface area contributed by atoms with E-state index in [9.17, 15) is 14.9 Å². The highest BCUT2D eigenvalue weighted by Gasteiger charge is 2.20. The van der Waals surface area contributed by atoms with E-state index < -0.39 is 11.0 Å². The summed E-state index contributed by atoms with van der Waals surface area (Å²) in [6, 6.07) is 15.5. The van der Waals surface area contributed by atoms with Gasteiger partial charge >= 0.3 is 5.97 Å². The Bertz CT molecular complexity index is 688. The van der Waals surface area contributed by atoms with Gasteiger partial charge in [0.05, 0.1) is 11.5 Å². The highest BCUT2D eigenvalue weighted by Crippen LogP contribution is 2.13. The van der Waals surface area contributed by atoms with Crippen molar-refractivity contribution in [2.24, 2.45) is 0 Å². The molecule has 6 heteroatoms. The molecule has 0 aliphatic carbocycles. The van der Waals surface area contributed by atoms with Crippen LogP contribution < -0.4 is 5.32 Å². The minimum Gasteiger partial charge on any atom is -0.465 e. The van der Waals surface area contributed by atoms with Crippen LogP contribution in [0.15, 0.2) is 54.6 Å². The molecule has 0 aromatic heterocycles. The number of nitro benzene ring substituents is 1. The lowest BCUT2D eigenvalue weighted by molar-refractivity contribution is -0.384. The van der Waals surface area contributed by atoms with E-state index in [0.717, 1.165) is 11.1 Å². The number of esters is 1. The maximum Gasteiger partial charge on any atom is 0.323 e. The molecule has 0 saturated carbocycles. The van der Waals surface area contributed by atoms with E-state index in [0.29, 0.717) is 19.6 Å². The molecular weight excluding hydrogens is 308 g/mol. The smallest absolute Gasteiger partial charge is 0.323 e. The number of hydrogen-bond donors (Lipinski definition) is 1. The van der Waals surface area contributed by atoms with Crippen molar-refractivity contribution < 1.29 is 14.5 Å². The average Bonchev–Trinajstić information content (AvgIpc) is 2.60. The zero-order valence-electron chi connectivity index (χ0n) is 13.5. The first-order valence-corrected chi connectivity index (χ1v) is 7.77. The number of nitro groups is 1. The summed E-state index contributed by atoms with van der Waals surface area (Å²) in [6.45, 7) is 2.42. The number of nitrogens with one attached hydrogen (secondary N) is 1. The van der Waals surface area contributed by atoms with Gasteiger partial charge in [0, 0.05) is 18.7 Å². The molecule has 2 aromatic rings. The molecule has 0 saturated heterocycles. The molecule has 0 unspecified atom stereocenters. The van der Waals surface area contributed by atoms with Crippen molar-refractivity contribution in [2.45, 2.75) is 25.9 Å². The van der Waals surface area contributed by atoms with Crippen LogP contribution in [-0.2, 0) is 22.5 Å². The van der Waals surface area contributed by atoms with Gasteiger partial charge in [-0.15, -0.1) is 0 Å². The van der Waals surface area contributed by atoms with E-state index in [4.69, 9.17) is 4.74 Å². The van der Waals surface area contributed by atoms with Gasteiger partial charge in [0.2, 0.25) is 0 Å². The summed E-state index contributed by atoms with van der Waals surface area (Å²) in [6.07, 6.45) is 0.495. The van der Waals surface area contributed by atoms with Crippen LogP contribution in [0.3, 0.4) is 0 Å². The van der Waals surface area contributed by atoms with E-state index in [-0.39, 0.29) is 11.7 Å². The SMILES string of the molecule is CCOC(=O)[C@H](Cc1ccccc1)NCc1cccc([N+](=O)[O-])c1. The fourth-order valence-corrected chi connectivity index (χ4v) is 2.35. The molecular formula is C18H20N2O4. The number of carbonyl (C=O) groups excluding carboxylic acids is 1. The summed E-state index contributed by atoms with van der Waals surface area (Å²) in [5.41, 5.74) is 1.79. The Kier molecular flexibility index (Phi) is 6.45. The first kappa shape index (κ1) is 17.6. The van der Waals surface area contributed by atoms with E-state index in [1.807, 2.05) is 30.3 Å². The molecule has 126 valence electrons. The van der Waals surface area contributed by atoms with Gasteiger partial charge in [0.15, 0.2) is 0 Å². The fraction of sp³-hybridized carbons (Fsp3) is 0.278. The molecule has 0 fully saturated rings. The van der Waals surface area contributed by atoms with E-state index in [1.54, 1.807) is 19.1 Å². The molecule has 0 heterocycles. The molecule has 0 bridgehead atoms. The van der Waals surface area contributed by atoms with Crippen LogP contribution in [0.4, 0.5) is 5.69 Å². The van der Waals surface area contributed by atoms with Gasteiger partial charge in [-0.2, -0.15) is 0 Å². The Hall–Kier alpha value is -2.73. The van der Waals surface area contributed by atoms with Crippen molar-refractivity contribution in [3.63, 3.8) is 0 Å². The van der Waals surface area contributed by atoms with Crippen LogP contribution in [0.25, 0.3) is 0 Å². The first-order valence-electron chi connectivity index (χ1n) is 7.77. The van der Waals surface area contributed by atoms with Crippen LogP contribution >= 0.6 is 0 Å². The van der Waals surface area contributed by atoms with E-state index in [2.05, 4.69) is 5.32 Å². The van der Waals surface area contributed by atoms with Crippen LogP contribution in [0.2, 0.25) is 0 Å². The summed E-state index contributed by atoms with van der Waals surface area (Å²) < 4.78 is 5.12. The molecule has 0 aliphatic heterocycles. The zero-order valence-corrected chi connectivity index (χ0v) is 13.5. The lowest BCUT2D eigenvalue weighted by Crippen LogP contribution is -2.39. The Morgan fingerprint density at radius 3 is 2.54 bits per heavy atom. The molecule has 1 N–H and O–H groups in total. The van der Waals surface area contributed by atoms with Gasteiger partial charge in [0.25, 0.3) is 5.69 Å². The monoisotopic (exact) mass is 328 g/mol. The van der Waals surface area contributed by atoms with Crippen molar-refractivity contribution in [1.29, 1.82) is 0 Å². The number of non-ortho nitro benzene ring substituents is 1. The molecule has 24 heavy (non-hydrogen) atoms. The van der Waals surface area contributed by atoms with Crippen molar-refractivity contribution >= 4 is 11.7 Å². The quantitative estimate of drug-likeness (QED) is 0.458. The minimum absolute atomic E-state index is 0.0324. The second kappa shape index (κ2) is 8.79. The minimum atomic E-state index is -0.508. The Morgan fingerprint density at radius 2 is 1.88 bits per heavy atom. The Balaban J connectivity index is 2.06. The van der Waals surface area contributed by atoms with Gasteiger partial charge in [-0.3, -0.25) is 14.9 Å². The molecule has 0 aliphatic rings. The lowest BCUT2D eigenvalue weighted by atomic mass is 10.1. The van der Waals surface area contributed by atoms with Gasteiger partial charge < -0.3 is 10.1 Å². The van der Waals surface area contributed by atoms with E-state index in [1.165, 1.54) is 12.1 Å². The summed E-state index contributed by atoms with van der Waals surface area (Å²) in [7, 11) is 0. The second-order valence-electron chi connectivity index (χ2n) is 5.30. The van der Waals surface area contributed by atoms with Gasteiger partial charge in [-0.05, 0) is 24.5 Å². The number of nitrogens with zero attached hydrogens (tertiary/aromatic N) is 1. The summed E-state index contributed by atoms with van der Waals surface area (Å²) >= 11 is 0. The van der Waals surface area contributed by atoms with Crippen LogP contribution in [0.1, 0.15) is 18.1 Å². The highest BCUT2D eigenvalue weighted by atomic mass is 16.6. The number of carbonyl (C=O) groups is 1. The molecule has 6 nitrogen and oxygen atoms in total.